The van der Waals surface area contributed by atoms with Gasteiger partial charge in [0, 0.05) is 58.9 Å². The second-order valence-corrected chi connectivity index (χ2v) is 7.08. The highest BCUT2D eigenvalue weighted by Crippen LogP contribution is 2.13. The van der Waals surface area contributed by atoms with E-state index >= 15 is 0 Å². The number of benzene rings is 1. The zero-order valence-electron chi connectivity index (χ0n) is 18.9. The van der Waals surface area contributed by atoms with E-state index in [0.717, 1.165) is 58.9 Å². The first-order valence-corrected chi connectivity index (χ1v) is 10.4. The molecule has 1 aromatic carbocycles. The van der Waals surface area contributed by atoms with Crippen molar-refractivity contribution >= 4 is 18.0 Å². The zero-order valence-corrected chi connectivity index (χ0v) is 18.9. The highest BCUT2D eigenvalue weighted by atomic mass is 19.4. The van der Waals surface area contributed by atoms with Crippen LogP contribution in [0.15, 0.2) is 30.8 Å². The Morgan fingerprint density at radius 3 is 1.46 bits per heavy atom. The lowest BCUT2D eigenvalue weighted by Gasteiger charge is -2.23. The third-order valence-electron chi connectivity index (χ3n) is 4.27. The molecule has 35 heavy (non-hydrogen) atoms. The topological polar surface area (TPSA) is 114 Å². The summed E-state index contributed by atoms with van der Waals surface area (Å²) in [4.78, 5) is 20.3. The van der Waals surface area contributed by atoms with Crippen LogP contribution in [0.3, 0.4) is 0 Å². The van der Waals surface area contributed by atoms with E-state index in [1.165, 1.54) is 11.1 Å². The largest absolute Gasteiger partial charge is 0.490 e. The molecule has 200 valence electrons. The van der Waals surface area contributed by atoms with E-state index in [1.54, 1.807) is 0 Å². The molecule has 1 saturated heterocycles. The number of carboxylic acids is 2. The Morgan fingerprint density at radius 2 is 1.14 bits per heavy atom. The second-order valence-electron chi connectivity index (χ2n) is 7.08. The summed E-state index contributed by atoms with van der Waals surface area (Å²) in [7, 11) is 0. The van der Waals surface area contributed by atoms with E-state index in [4.69, 9.17) is 19.8 Å². The molecule has 0 aromatic heterocycles. The van der Waals surface area contributed by atoms with Crippen LogP contribution in [0.4, 0.5) is 26.3 Å². The van der Waals surface area contributed by atoms with Crippen molar-refractivity contribution < 1.29 is 46.1 Å². The summed E-state index contributed by atoms with van der Waals surface area (Å²) in [6, 6.07) is 8.69. The molecule has 0 aliphatic carbocycles. The van der Waals surface area contributed by atoms with E-state index < -0.39 is 24.3 Å². The summed E-state index contributed by atoms with van der Waals surface area (Å²) in [6.07, 6.45) is -8.28. The number of hydrogen-bond acceptors (Lipinski definition) is 6. The number of alkyl halides is 6. The van der Waals surface area contributed by atoms with Crippen LogP contribution in [-0.4, -0.2) is 91.8 Å². The van der Waals surface area contributed by atoms with Gasteiger partial charge in [-0.05, 0) is 11.1 Å². The first-order valence-electron chi connectivity index (χ1n) is 10.4. The Kier molecular flexibility index (Phi) is 15.6. The Hall–Kier alpha value is -2.68. The molecule has 2 rings (SSSR count). The third-order valence-corrected chi connectivity index (χ3v) is 4.27. The first kappa shape index (κ1) is 32.3. The van der Waals surface area contributed by atoms with E-state index in [1.807, 2.05) is 6.08 Å². The molecule has 0 spiro atoms. The van der Waals surface area contributed by atoms with Crippen molar-refractivity contribution in [1.82, 2.24) is 20.9 Å². The lowest BCUT2D eigenvalue weighted by Crippen LogP contribution is -2.41. The number of carbonyl (C=O) groups is 2. The molecule has 5 N–H and O–H groups in total. The maximum absolute atomic E-state index is 10.6. The van der Waals surface area contributed by atoms with Gasteiger partial charge in [-0.1, -0.05) is 36.9 Å². The molecule has 0 amide bonds. The second kappa shape index (κ2) is 16.9. The third kappa shape index (κ3) is 17.4. The number of hydrogen-bond donors (Lipinski definition) is 5. The average Bonchev–Trinajstić information content (AvgIpc) is 2.75. The minimum absolute atomic E-state index is 1.01. The SMILES string of the molecule is C=Cc1ccc(CN2CCNCCNCCNCC2)cc1.O=C(O)C(F)(F)F.O=C(O)C(F)(F)F. The molecule has 14 heteroatoms. The number of halogens is 6. The minimum atomic E-state index is -5.08. The molecule has 0 bridgehead atoms. The van der Waals surface area contributed by atoms with Crippen molar-refractivity contribution in [3.05, 3.63) is 42.0 Å². The highest BCUT2D eigenvalue weighted by molar-refractivity contribution is 5.73. The predicted molar refractivity (Wildman–Crippen MR) is 118 cm³/mol. The van der Waals surface area contributed by atoms with Crippen molar-refractivity contribution in [1.29, 1.82) is 0 Å². The minimum Gasteiger partial charge on any atom is -0.475 e. The van der Waals surface area contributed by atoms with Crippen LogP contribution >= 0.6 is 0 Å². The maximum Gasteiger partial charge on any atom is 0.490 e. The number of nitrogens with one attached hydrogen (secondary N) is 3. The monoisotopic (exact) mass is 516 g/mol. The van der Waals surface area contributed by atoms with Gasteiger partial charge < -0.3 is 26.2 Å². The van der Waals surface area contributed by atoms with Gasteiger partial charge in [0.2, 0.25) is 0 Å². The Balaban J connectivity index is 0.000000680. The van der Waals surface area contributed by atoms with Crippen LogP contribution < -0.4 is 16.0 Å². The van der Waals surface area contributed by atoms with Gasteiger partial charge in [-0.3, -0.25) is 4.90 Å². The summed E-state index contributed by atoms with van der Waals surface area (Å²) in [6.45, 7) is 13.3. The van der Waals surface area contributed by atoms with Gasteiger partial charge in [-0.2, -0.15) is 26.3 Å². The van der Waals surface area contributed by atoms with Crippen molar-refractivity contribution in [2.24, 2.45) is 0 Å². The number of rotatable bonds is 3. The highest BCUT2D eigenvalue weighted by Gasteiger charge is 2.38. The molecule has 1 fully saturated rings. The summed E-state index contributed by atoms with van der Waals surface area (Å²) in [5, 5.41) is 24.7. The molecule has 1 aliphatic rings. The van der Waals surface area contributed by atoms with Crippen molar-refractivity contribution in [3.63, 3.8) is 0 Å². The molecule has 0 unspecified atom stereocenters. The maximum atomic E-state index is 10.6. The van der Waals surface area contributed by atoms with Crippen molar-refractivity contribution in [2.75, 3.05) is 52.4 Å². The summed E-state index contributed by atoms with van der Waals surface area (Å²) in [5.41, 5.74) is 2.55. The number of aliphatic carboxylic acids is 2. The molecular weight excluding hydrogens is 486 g/mol. The van der Waals surface area contributed by atoms with Crippen molar-refractivity contribution in [2.45, 2.75) is 18.9 Å². The van der Waals surface area contributed by atoms with Crippen molar-refractivity contribution in [3.8, 4) is 0 Å². The molecule has 1 aromatic rings. The Bertz CT molecular complexity index is 722. The van der Waals surface area contributed by atoms with Crippen LogP contribution in [0, 0.1) is 0 Å². The van der Waals surface area contributed by atoms with Gasteiger partial charge >= 0.3 is 24.3 Å². The fourth-order valence-electron chi connectivity index (χ4n) is 2.49. The smallest absolute Gasteiger partial charge is 0.475 e. The molecular formula is C21H30F6N4O4. The fraction of sp³-hybridized carbons (Fsp3) is 0.524. The van der Waals surface area contributed by atoms with E-state index in [9.17, 15) is 26.3 Å². The average molecular weight is 516 g/mol. The van der Waals surface area contributed by atoms with Crippen LogP contribution in [0.25, 0.3) is 6.08 Å². The van der Waals surface area contributed by atoms with Gasteiger partial charge in [0.1, 0.15) is 0 Å². The Labute approximate surface area is 199 Å². The first-order chi connectivity index (χ1) is 16.3. The van der Waals surface area contributed by atoms with Crippen LogP contribution in [0.1, 0.15) is 11.1 Å². The van der Waals surface area contributed by atoms with E-state index in [-0.39, 0.29) is 0 Å². The van der Waals surface area contributed by atoms with Crippen LogP contribution in [0.2, 0.25) is 0 Å². The van der Waals surface area contributed by atoms with E-state index in [2.05, 4.69) is 51.7 Å². The lowest BCUT2D eigenvalue weighted by atomic mass is 10.1. The van der Waals surface area contributed by atoms with Gasteiger partial charge in [0.25, 0.3) is 0 Å². The van der Waals surface area contributed by atoms with Gasteiger partial charge in [0.15, 0.2) is 0 Å². The lowest BCUT2D eigenvalue weighted by molar-refractivity contribution is -0.193. The molecule has 0 radical (unpaired) electrons. The Morgan fingerprint density at radius 1 is 0.800 bits per heavy atom. The summed E-state index contributed by atoms with van der Waals surface area (Å²) >= 11 is 0. The van der Waals surface area contributed by atoms with Gasteiger partial charge in [-0.15, -0.1) is 0 Å². The number of nitrogens with zero attached hydrogens (tertiary/aromatic N) is 1. The van der Waals surface area contributed by atoms with Gasteiger partial charge in [0.05, 0.1) is 0 Å². The van der Waals surface area contributed by atoms with E-state index in [0.29, 0.717) is 0 Å². The predicted octanol–water partition coefficient (Wildman–Crippen LogP) is 2.18. The quantitative estimate of drug-likeness (QED) is 0.389. The summed E-state index contributed by atoms with van der Waals surface area (Å²) in [5.74, 6) is -5.51. The fourth-order valence-corrected chi connectivity index (χ4v) is 2.49. The van der Waals surface area contributed by atoms with Crippen LogP contribution in [0.5, 0.6) is 0 Å². The summed E-state index contributed by atoms with van der Waals surface area (Å²) < 4.78 is 63.5. The molecule has 0 saturated carbocycles. The van der Waals surface area contributed by atoms with Gasteiger partial charge in [-0.25, -0.2) is 9.59 Å². The normalized spacial score (nSPS) is 16.2. The molecule has 1 aliphatic heterocycles. The number of carboxylic acid groups (broad SMARTS) is 2. The molecule has 0 atom stereocenters. The standard InChI is InChI=1S/C17H28N4.2C2HF3O2/c1-2-16-3-5-17(6-4-16)15-21-13-11-19-9-7-18-8-10-20-12-14-21;2*3-2(4,5)1(6)7/h2-6,18-20H,1,7-15H2;2*(H,6,7). The molecule has 1 heterocycles. The molecule has 8 nitrogen and oxygen atoms in total. The zero-order chi connectivity index (χ0) is 26.9. The van der Waals surface area contributed by atoms with Crippen LogP contribution in [-0.2, 0) is 16.1 Å².